The first-order valence-corrected chi connectivity index (χ1v) is 13.4. The first kappa shape index (κ1) is 26.5. The van der Waals surface area contributed by atoms with Gasteiger partial charge in [-0.25, -0.2) is 4.39 Å². The van der Waals surface area contributed by atoms with Crippen LogP contribution < -0.4 is 4.90 Å². The average molecular weight is 551 g/mol. The highest BCUT2D eigenvalue weighted by molar-refractivity contribution is 8.00. The molecule has 1 unspecified atom stereocenters. The van der Waals surface area contributed by atoms with E-state index in [9.17, 15) is 31.9 Å². The standard InChI is InChI=1S/C27H26F4N2O4S/c28-16-6-11-22-20(14-16)25(32(17-7-8-17)23(34)12-13-24(35)36)19-2-1-3-21(19)33(22)26(37)15-4-9-18(10-5-15)38-27(29,30)31/h4-6,9-11,14,17,19,21,25H,1-3,7-8,12-13H2,(H,35,36)/t19-,21+,25?/m0/s1. The topological polar surface area (TPSA) is 77.9 Å². The number of carbonyl (C=O) groups is 3. The molecule has 5 rings (SSSR count). The highest BCUT2D eigenvalue weighted by Crippen LogP contribution is 2.53. The number of thioether (sulfide) groups is 1. The molecule has 2 amide bonds. The number of rotatable bonds is 7. The molecular weight excluding hydrogens is 524 g/mol. The lowest BCUT2D eigenvalue weighted by molar-refractivity contribution is -0.142. The number of halogens is 4. The van der Waals surface area contributed by atoms with E-state index in [4.69, 9.17) is 5.11 Å². The van der Waals surface area contributed by atoms with E-state index in [-0.39, 0.29) is 59.0 Å². The third kappa shape index (κ3) is 5.39. The van der Waals surface area contributed by atoms with Crippen molar-refractivity contribution < 1.29 is 37.1 Å². The smallest absolute Gasteiger partial charge is 0.446 e. The molecule has 0 spiro atoms. The van der Waals surface area contributed by atoms with Crippen molar-refractivity contribution in [2.75, 3.05) is 4.90 Å². The van der Waals surface area contributed by atoms with Crippen LogP contribution in [-0.2, 0) is 9.59 Å². The van der Waals surface area contributed by atoms with Gasteiger partial charge in [0.15, 0.2) is 0 Å². The molecule has 11 heteroatoms. The van der Waals surface area contributed by atoms with Crippen LogP contribution in [-0.4, -0.2) is 45.4 Å². The molecule has 3 aliphatic rings. The van der Waals surface area contributed by atoms with Crippen LogP contribution in [0.2, 0.25) is 0 Å². The fourth-order valence-electron chi connectivity index (χ4n) is 5.88. The molecule has 2 fully saturated rings. The lowest BCUT2D eigenvalue weighted by atomic mass is 9.81. The van der Waals surface area contributed by atoms with E-state index < -0.39 is 29.2 Å². The Balaban J connectivity index is 1.52. The Morgan fingerprint density at radius 1 is 1.00 bits per heavy atom. The van der Waals surface area contributed by atoms with Crippen LogP contribution in [0.15, 0.2) is 47.4 Å². The van der Waals surface area contributed by atoms with Gasteiger partial charge in [-0.1, -0.05) is 6.42 Å². The summed E-state index contributed by atoms with van der Waals surface area (Å²) in [7, 11) is 0. The van der Waals surface area contributed by atoms with E-state index in [2.05, 4.69) is 0 Å². The molecular formula is C27H26F4N2O4S. The summed E-state index contributed by atoms with van der Waals surface area (Å²) in [6, 6.07) is 8.52. The second kappa shape index (κ2) is 10.2. The van der Waals surface area contributed by atoms with Gasteiger partial charge in [-0.05, 0) is 79.9 Å². The molecule has 202 valence electrons. The Morgan fingerprint density at radius 3 is 2.34 bits per heavy atom. The van der Waals surface area contributed by atoms with Crippen LogP contribution in [0.5, 0.6) is 0 Å². The van der Waals surface area contributed by atoms with Crippen molar-refractivity contribution in [1.82, 2.24) is 4.90 Å². The van der Waals surface area contributed by atoms with Crippen LogP contribution in [0, 0.1) is 11.7 Å². The van der Waals surface area contributed by atoms with Crippen LogP contribution in [0.4, 0.5) is 23.2 Å². The van der Waals surface area contributed by atoms with Gasteiger partial charge in [-0.2, -0.15) is 13.2 Å². The lowest BCUT2D eigenvalue weighted by Gasteiger charge is -2.48. The van der Waals surface area contributed by atoms with Crippen LogP contribution >= 0.6 is 11.8 Å². The Bertz CT molecular complexity index is 1250. The number of carbonyl (C=O) groups excluding carboxylic acids is 2. The summed E-state index contributed by atoms with van der Waals surface area (Å²) in [6.45, 7) is 0. The Hall–Kier alpha value is -3.08. The number of carboxylic acid groups (broad SMARTS) is 1. The summed E-state index contributed by atoms with van der Waals surface area (Å²) in [6.07, 6.45) is 3.25. The van der Waals surface area contributed by atoms with Crippen molar-refractivity contribution in [2.24, 2.45) is 5.92 Å². The number of alkyl halides is 3. The number of aliphatic carboxylic acids is 1. The molecule has 3 atom stereocenters. The van der Waals surface area contributed by atoms with Crippen LogP contribution in [0.25, 0.3) is 0 Å². The molecule has 1 N–H and O–H groups in total. The van der Waals surface area contributed by atoms with Crippen molar-refractivity contribution in [3.63, 3.8) is 0 Å². The molecule has 2 aliphatic carbocycles. The number of nitrogens with zero attached hydrogens (tertiary/aromatic N) is 2. The summed E-state index contributed by atoms with van der Waals surface area (Å²) in [5.41, 5.74) is -3.26. The highest BCUT2D eigenvalue weighted by atomic mass is 32.2. The minimum absolute atomic E-state index is 0.0334. The maximum Gasteiger partial charge on any atom is 0.446 e. The van der Waals surface area contributed by atoms with Gasteiger partial charge in [-0.3, -0.25) is 14.4 Å². The second-order valence-electron chi connectivity index (χ2n) is 9.98. The van der Waals surface area contributed by atoms with Gasteiger partial charge in [0, 0.05) is 46.1 Å². The SMILES string of the molecule is O=C(O)CCC(=O)N(C1CC1)C1c2cc(F)ccc2N(C(=O)c2ccc(SC(F)(F)F)cc2)[C@@H]2CCC[C@H]12. The van der Waals surface area contributed by atoms with E-state index in [0.717, 1.165) is 19.3 Å². The third-order valence-electron chi connectivity index (χ3n) is 7.47. The number of amides is 2. The zero-order valence-corrected chi connectivity index (χ0v) is 21.1. The van der Waals surface area contributed by atoms with E-state index >= 15 is 0 Å². The molecule has 1 heterocycles. The van der Waals surface area contributed by atoms with Gasteiger partial charge in [-0.15, -0.1) is 0 Å². The lowest BCUT2D eigenvalue weighted by Crippen LogP contribution is -2.53. The molecule has 2 saturated carbocycles. The normalized spacial score (nSPS) is 22.5. The molecule has 2 aromatic rings. The first-order chi connectivity index (χ1) is 18.0. The molecule has 1 aliphatic heterocycles. The highest BCUT2D eigenvalue weighted by Gasteiger charge is 2.51. The average Bonchev–Trinajstić information content (AvgIpc) is 3.57. The van der Waals surface area contributed by atoms with E-state index in [1.54, 1.807) is 9.80 Å². The Kier molecular flexibility index (Phi) is 7.15. The monoisotopic (exact) mass is 550 g/mol. The van der Waals surface area contributed by atoms with E-state index in [1.165, 1.54) is 42.5 Å². The summed E-state index contributed by atoms with van der Waals surface area (Å²) >= 11 is -0.258. The molecule has 0 bridgehead atoms. The Morgan fingerprint density at radius 2 is 1.71 bits per heavy atom. The van der Waals surface area contributed by atoms with Gasteiger partial charge in [0.2, 0.25) is 5.91 Å². The fraction of sp³-hybridized carbons (Fsp3) is 0.444. The molecule has 38 heavy (non-hydrogen) atoms. The summed E-state index contributed by atoms with van der Waals surface area (Å²) < 4.78 is 52.8. The van der Waals surface area contributed by atoms with Crippen LogP contribution in [0.1, 0.15) is 66.9 Å². The Labute approximate surface area is 221 Å². The molecule has 0 radical (unpaired) electrons. The number of hydrogen-bond donors (Lipinski definition) is 1. The predicted molar refractivity (Wildman–Crippen MR) is 132 cm³/mol. The molecule has 0 saturated heterocycles. The summed E-state index contributed by atoms with van der Waals surface area (Å²) in [5, 5.41) is 9.11. The number of hydrogen-bond acceptors (Lipinski definition) is 4. The molecule has 0 aromatic heterocycles. The van der Waals surface area contributed by atoms with Crippen molar-refractivity contribution in [3.8, 4) is 0 Å². The number of carboxylic acids is 1. The van der Waals surface area contributed by atoms with Crippen LogP contribution in [0.3, 0.4) is 0 Å². The largest absolute Gasteiger partial charge is 0.481 e. The van der Waals surface area contributed by atoms with Gasteiger partial charge < -0.3 is 14.9 Å². The van der Waals surface area contributed by atoms with Crippen molar-refractivity contribution >= 4 is 35.2 Å². The van der Waals surface area contributed by atoms with E-state index in [0.29, 0.717) is 24.1 Å². The van der Waals surface area contributed by atoms with E-state index in [1.807, 2.05) is 0 Å². The first-order valence-electron chi connectivity index (χ1n) is 12.6. The second-order valence-corrected chi connectivity index (χ2v) is 11.1. The van der Waals surface area contributed by atoms with Gasteiger partial charge >= 0.3 is 11.5 Å². The maximum absolute atomic E-state index is 14.6. The zero-order valence-electron chi connectivity index (χ0n) is 20.3. The number of anilines is 1. The third-order valence-corrected chi connectivity index (χ3v) is 8.21. The van der Waals surface area contributed by atoms with Gasteiger partial charge in [0.05, 0.1) is 12.5 Å². The molecule has 6 nitrogen and oxygen atoms in total. The minimum Gasteiger partial charge on any atom is -0.481 e. The summed E-state index contributed by atoms with van der Waals surface area (Å²) in [4.78, 5) is 41.5. The van der Waals surface area contributed by atoms with Crippen molar-refractivity contribution in [1.29, 1.82) is 0 Å². The minimum atomic E-state index is -4.44. The summed E-state index contributed by atoms with van der Waals surface area (Å²) in [5.74, 6) is -2.45. The van der Waals surface area contributed by atoms with Crippen molar-refractivity contribution in [2.45, 2.75) is 73.5 Å². The van der Waals surface area contributed by atoms with Gasteiger partial charge in [0.25, 0.3) is 5.91 Å². The maximum atomic E-state index is 14.6. The fourth-order valence-corrected chi connectivity index (χ4v) is 6.42. The van der Waals surface area contributed by atoms with Gasteiger partial charge in [0.1, 0.15) is 5.82 Å². The molecule has 2 aromatic carbocycles. The van der Waals surface area contributed by atoms with Crippen molar-refractivity contribution in [3.05, 3.63) is 59.4 Å². The zero-order chi connectivity index (χ0) is 27.2. The number of fused-ring (bicyclic) bond motifs is 2. The number of benzene rings is 2. The quantitative estimate of drug-likeness (QED) is 0.330. The predicted octanol–water partition coefficient (Wildman–Crippen LogP) is 6.16.